The Morgan fingerprint density at radius 3 is 3.24 bits per heavy atom. The van der Waals surface area contributed by atoms with Crippen molar-refractivity contribution in [3.63, 3.8) is 0 Å². The van der Waals surface area contributed by atoms with Crippen LogP contribution >= 0.6 is 11.8 Å². The van der Waals surface area contributed by atoms with Gasteiger partial charge in [-0.2, -0.15) is 11.8 Å². The van der Waals surface area contributed by atoms with Gasteiger partial charge in [0.25, 0.3) is 0 Å². The Morgan fingerprint density at radius 2 is 2.47 bits per heavy atom. The fourth-order valence-corrected chi connectivity index (χ4v) is 2.45. The van der Waals surface area contributed by atoms with Crippen molar-refractivity contribution in [2.45, 2.75) is 12.5 Å². The monoisotopic (exact) mass is 251 g/mol. The summed E-state index contributed by atoms with van der Waals surface area (Å²) >= 11 is 1.61. The minimum atomic E-state index is -0.463. The van der Waals surface area contributed by atoms with Crippen LogP contribution in [0.3, 0.4) is 0 Å². The van der Waals surface area contributed by atoms with E-state index in [9.17, 15) is 9.59 Å². The summed E-state index contributed by atoms with van der Waals surface area (Å²) in [4.78, 5) is 27.1. The molecule has 2 rings (SSSR count). The van der Waals surface area contributed by atoms with Crippen molar-refractivity contribution in [2.75, 3.05) is 16.8 Å². The Bertz CT molecular complexity index is 410. The summed E-state index contributed by atoms with van der Waals surface area (Å²) in [5, 5.41) is 5.44. The molecule has 1 aromatic rings. The number of carbonyl (C=O) groups is 2. The number of nitrogens with one attached hydrogen (secondary N) is 2. The van der Waals surface area contributed by atoms with Crippen LogP contribution in [0.4, 0.5) is 5.69 Å². The summed E-state index contributed by atoms with van der Waals surface area (Å²) in [6.45, 7) is 0. The average Bonchev–Trinajstić information content (AvgIpc) is 2.55. The number of thioether (sulfide) groups is 1. The molecule has 0 aromatic carbocycles. The van der Waals surface area contributed by atoms with Crippen molar-refractivity contribution in [2.24, 2.45) is 0 Å². The maximum absolute atomic E-state index is 11.9. The third-order valence-corrected chi connectivity index (χ3v) is 3.40. The molecule has 2 amide bonds. The van der Waals surface area contributed by atoms with Crippen LogP contribution in [0.5, 0.6) is 0 Å². The summed E-state index contributed by atoms with van der Waals surface area (Å²) < 4.78 is 0. The SMILES string of the molecule is O=C1CCSCC(C(=O)Nc2cccnc2)N1. The molecule has 6 heteroatoms. The molecule has 0 radical (unpaired) electrons. The van der Waals surface area contributed by atoms with E-state index < -0.39 is 6.04 Å². The van der Waals surface area contributed by atoms with Crippen LogP contribution in [0.25, 0.3) is 0 Å². The maximum Gasteiger partial charge on any atom is 0.247 e. The molecule has 2 N–H and O–H groups in total. The number of hydrogen-bond acceptors (Lipinski definition) is 4. The fourth-order valence-electron chi connectivity index (χ4n) is 1.48. The minimum Gasteiger partial charge on any atom is -0.343 e. The van der Waals surface area contributed by atoms with Gasteiger partial charge >= 0.3 is 0 Å². The highest BCUT2D eigenvalue weighted by molar-refractivity contribution is 7.99. The fraction of sp³-hybridized carbons (Fsp3) is 0.364. The molecular weight excluding hydrogens is 238 g/mol. The van der Waals surface area contributed by atoms with E-state index in [0.29, 0.717) is 17.9 Å². The number of rotatable bonds is 2. The predicted molar refractivity (Wildman–Crippen MR) is 66.7 cm³/mol. The largest absolute Gasteiger partial charge is 0.343 e. The second-order valence-electron chi connectivity index (χ2n) is 3.68. The first-order chi connectivity index (χ1) is 8.25. The molecule has 5 nitrogen and oxygen atoms in total. The van der Waals surface area contributed by atoms with Gasteiger partial charge in [0.1, 0.15) is 6.04 Å². The second kappa shape index (κ2) is 5.67. The number of aromatic nitrogens is 1. The van der Waals surface area contributed by atoms with E-state index in [1.54, 1.807) is 36.3 Å². The van der Waals surface area contributed by atoms with E-state index in [4.69, 9.17) is 0 Å². The van der Waals surface area contributed by atoms with Crippen LogP contribution in [0.15, 0.2) is 24.5 Å². The molecule has 0 bridgehead atoms. The van der Waals surface area contributed by atoms with Gasteiger partial charge in [0.2, 0.25) is 11.8 Å². The molecule has 1 atom stereocenters. The highest BCUT2D eigenvalue weighted by atomic mass is 32.2. The summed E-state index contributed by atoms with van der Waals surface area (Å²) in [6, 6.07) is 3.04. The number of hydrogen-bond donors (Lipinski definition) is 2. The lowest BCUT2D eigenvalue weighted by molar-refractivity contribution is -0.125. The normalized spacial score (nSPS) is 20.2. The highest BCUT2D eigenvalue weighted by Gasteiger charge is 2.23. The molecule has 1 aliphatic rings. The third-order valence-electron chi connectivity index (χ3n) is 2.34. The molecule has 1 aromatic heterocycles. The highest BCUT2D eigenvalue weighted by Crippen LogP contribution is 2.11. The first-order valence-electron chi connectivity index (χ1n) is 5.34. The molecular formula is C11H13N3O2S. The molecule has 1 saturated heterocycles. The molecule has 0 aliphatic carbocycles. The first kappa shape index (κ1) is 11.9. The zero-order valence-electron chi connectivity index (χ0n) is 9.18. The van der Waals surface area contributed by atoms with E-state index in [0.717, 1.165) is 5.75 Å². The number of carbonyl (C=O) groups excluding carboxylic acids is 2. The molecule has 1 fully saturated rings. The van der Waals surface area contributed by atoms with Crippen LogP contribution in [0.2, 0.25) is 0 Å². The van der Waals surface area contributed by atoms with E-state index in [1.807, 2.05) is 0 Å². The van der Waals surface area contributed by atoms with Gasteiger partial charge in [-0.3, -0.25) is 14.6 Å². The zero-order chi connectivity index (χ0) is 12.1. The van der Waals surface area contributed by atoms with Crippen LogP contribution in [-0.2, 0) is 9.59 Å². The topological polar surface area (TPSA) is 71.1 Å². The van der Waals surface area contributed by atoms with Crippen LogP contribution in [0.1, 0.15) is 6.42 Å². The predicted octanol–water partition coefficient (Wildman–Crippen LogP) is 0.642. The number of anilines is 1. The third kappa shape index (κ3) is 3.45. The average molecular weight is 251 g/mol. The number of nitrogens with zero attached hydrogens (tertiary/aromatic N) is 1. The minimum absolute atomic E-state index is 0.0682. The standard InChI is InChI=1S/C11H13N3O2S/c15-10-3-5-17-7-9(14-10)11(16)13-8-2-1-4-12-6-8/h1-2,4,6,9H,3,5,7H2,(H,13,16)(H,14,15). The van der Waals surface area contributed by atoms with Gasteiger partial charge in [0.15, 0.2) is 0 Å². The number of amides is 2. The molecule has 0 spiro atoms. The van der Waals surface area contributed by atoms with Gasteiger partial charge in [-0.05, 0) is 12.1 Å². The summed E-state index contributed by atoms with van der Waals surface area (Å²) in [6.07, 6.45) is 3.68. The smallest absolute Gasteiger partial charge is 0.247 e. The van der Waals surface area contributed by atoms with Gasteiger partial charge in [-0.25, -0.2) is 0 Å². The van der Waals surface area contributed by atoms with E-state index in [-0.39, 0.29) is 11.8 Å². The summed E-state index contributed by atoms with van der Waals surface area (Å²) in [5.74, 6) is 1.11. The zero-order valence-corrected chi connectivity index (χ0v) is 10.00. The lowest BCUT2D eigenvalue weighted by atomic mass is 10.3. The van der Waals surface area contributed by atoms with Gasteiger partial charge in [-0.1, -0.05) is 0 Å². The maximum atomic E-state index is 11.9. The number of pyridine rings is 1. The van der Waals surface area contributed by atoms with Gasteiger partial charge in [0, 0.05) is 24.1 Å². The lowest BCUT2D eigenvalue weighted by Crippen LogP contribution is -2.44. The van der Waals surface area contributed by atoms with Crippen molar-refractivity contribution in [1.29, 1.82) is 0 Å². The molecule has 1 unspecified atom stereocenters. The molecule has 2 heterocycles. The van der Waals surface area contributed by atoms with E-state index in [1.165, 1.54) is 0 Å². The van der Waals surface area contributed by atoms with Crippen molar-refractivity contribution in [1.82, 2.24) is 10.3 Å². The molecule has 1 aliphatic heterocycles. The molecule has 90 valence electrons. The van der Waals surface area contributed by atoms with Crippen molar-refractivity contribution in [3.8, 4) is 0 Å². The van der Waals surface area contributed by atoms with E-state index in [2.05, 4.69) is 15.6 Å². The second-order valence-corrected chi connectivity index (χ2v) is 4.83. The Balaban J connectivity index is 1.97. The van der Waals surface area contributed by atoms with Crippen LogP contribution in [-0.4, -0.2) is 34.3 Å². The van der Waals surface area contributed by atoms with Crippen molar-refractivity contribution < 1.29 is 9.59 Å². The molecule has 0 saturated carbocycles. The lowest BCUT2D eigenvalue weighted by Gasteiger charge is -2.14. The Kier molecular flexibility index (Phi) is 3.98. The quantitative estimate of drug-likeness (QED) is 0.809. The van der Waals surface area contributed by atoms with Gasteiger partial charge < -0.3 is 10.6 Å². The van der Waals surface area contributed by atoms with Gasteiger partial charge in [0.05, 0.1) is 11.9 Å². The Morgan fingerprint density at radius 1 is 1.59 bits per heavy atom. The first-order valence-corrected chi connectivity index (χ1v) is 6.49. The van der Waals surface area contributed by atoms with Crippen LogP contribution in [0, 0.1) is 0 Å². The van der Waals surface area contributed by atoms with Crippen molar-refractivity contribution in [3.05, 3.63) is 24.5 Å². The Labute approximate surface area is 103 Å². The van der Waals surface area contributed by atoms with E-state index >= 15 is 0 Å². The van der Waals surface area contributed by atoms with Crippen molar-refractivity contribution >= 4 is 29.3 Å². The molecule has 17 heavy (non-hydrogen) atoms. The summed E-state index contributed by atoms with van der Waals surface area (Å²) in [5.41, 5.74) is 0.640. The Hall–Kier alpha value is -1.56. The summed E-state index contributed by atoms with van der Waals surface area (Å²) in [7, 11) is 0. The van der Waals surface area contributed by atoms with Crippen LogP contribution < -0.4 is 10.6 Å². The van der Waals surface area contributed by atoms with Gasteiger partial charge in [-0.15, -0.1) is 0 Å².